The van der Waals surface area contributed by atoms with Crippen LogP contribution in [0.1, 0.15) is 35.8 Å². The van der Waals surface area contributed by atoms with E-state index in [4.69, 9.17) is 0 Å². The number of carbonyl (C=O) groups is 1. The molecule has 0 aliphatic rings. The smallest absolute Gasteiger partial charge is 0.274 e. The summed E-state index contributed by atoms with van der Waals surface area (Å²) in [7, 11) is 0. The second-order valence-electron chi connectivity index (χ2n) is 6.01. The maximum Gasteiger partial charge on any atom is 0.274 e. The molecule has 0 aliphatic carbocycles. The summed E-state index contributed by atoms with van der Waals surface area (Å²) in [4.78, 5) is 16.1. The molecule has 3 rings (SSSR count). The van der Waals surface area contributed by atoms with Crippen LogP contribution in [-0.2, 0) is 6.42 Å². The van der Waals surface area contributed by atoms with E-state index < -0.39 is 0 Å². The van der Waals surface area contributed by atoms with Gasteiger partial charge in [-0.05, 0) is 49.2 Å². The Hall–Kier alpha value is -3.28. The Kier molecular flexibility index (Phi) is 5.22. The van der Waals surface area contributed by atoms with Crippen molar-refractivity contribution in [3.05, 3.63) is 66.0 Å². The number of anilines is 1. The average molecular weight is 351 g/mol. The summed E-state index contributed by atoms with van der Waals surface area (Å²) >= 11 is 0. The number of nitrogens with one attached hydrogen (secondary N) is 1. The Balaban J connectivity index is 1.78. The highest BCUT2D eigenvalue weighted by molar-refractivity contribution is 6.02. The van der Waals surface area contributed by atoms with Crippen LogP contribution < -0.4 is 5.32 Å². The van der Waals surface area contributed by atoms with Crippen LogP contribution >= 0.6 is 0 Å². The van der Waals surface area contributed by atoms with Crippen molar-refractivity contribution in [2.75, 3.05) is 5.32 Å². The number of aryl methyl sites for hydroxylation is 1. The van der Waals surface area contributed by atoms with Crippen LogP contribution in [0.25, 0.3) is 5.69 Å². The number of nitrogens with zero attached hydrogens (tertiary/aromatic N) is 2. The van der Waals surface area contributed by atoms with E-state index in [-0.39, 0.29) is 17.7 Å². The number of hydrogen-bond donors (Lipinski definition) is 3. The first kappa shape index (κ1) is 17.5. The molecule has 26 heavy (non-hydrogen) atoms. The fourth-order valence-corrected chi connectivity index (χ4v) is 2.73. The van der Waals surface area contributed by atoms with Crippen molar-refractivity contribution in [2.24, 2.45) is 0 Å². The van der Waals surface area contributed by atoms with Crippen molar-refractivity contribution >= 4 is 11.6 Å². The van der Waals surface area contributed by atoms with Gasteiger partial charge in [0.25, 0.3) is 5.91 Å². The molecular weight excluding hydrogens is 330 g/mol. The molecular formula is C20H21N3O3. The maximum absolute atomic E-state index is 12.1. The van der Waals surface area contributed by atoms with Crippen molar-refractivity contribution < 1.29 is 15.0 Å². The van der Waals surface area contributed by atoms with Gasteiger partial charge in [0, 0.05) is 23.5 Å². The van der Waals surface area contributed by atoms with Gasteiger partial charge in [-0.2, -0.15) is 0 Å². The van der Waals surface area contributed by atoms with Crippen LogP contribution in [0.15, 0.2) is 54.7 Å². The second-order valence-corrected chi connectivity index (χ2v) is 6.01. The predicted molar refractivity (Wildman–Crippen MR) is 99.9 cm³/mol. The van der Waals surface area contributed by atoms with E-state index >= 15 is 0 Å². The van der Waals surface area contributed by atoms with Gasteiger partial charge in [-0.25, -0.2) is 0 Å². The molecule has 6 nitrogen and oxygen atoms in total. The summed E-state index contributed by atoms with van der Waals surface area (Å²) in [6.45, 7) is 2.08. The van der Waals surface area contributed by atoms with E-state index in [1.165, 1.54) is 4.57 Å². The van der Waals surface area contributed by atoms with Gasteiger partial charge in [-0.15, -0.1) is 0 Å². The molecule has 2 aromatic heterocycles. The topological polar surface area (TPSA) is 87.4 Å². The molecule has 0 saturated heterocycles. The van der Waals surface area contributed by atoms with Crippen molar-refractivity contribution in [3.63, 3.8) is 0 Å². The van der Waals surface area contributed by atoms with Gasteiger partial charge >= 0.3 is 0 Å². The summed E-state index contributed by atoms with van der Waals surface area (Å²) in [5, 5.41) is 23.3. The zero-order valence-corrected chi connectivity index (χ0v) is 14.5. The molecule has 3 N–H and O–H groups in total. The number of pyridine rings is 1. The summed E-state index contributed by atoms with van der Waals surface area (Å²) in [6.07, 6.45) is 4.22. The van der Waals surface area contributed by atoms with Crippen molar-refractivity contribution in [1.29, 1.82) is 0 Å². The Morgan fingerprint density at radius 2 is 1.92 bits per heavy atom. The Labute approximate surface area is 151 Å². The molecule has 0 atom stereocenters. The van der Waals surface area contributed by atoms with Crippen LogP contribution in [0.4, 0.5) is 5.69 Å². The van der Waals surface area contributed by atoms with Gasteiger partial charge in [-0.1, -0.05) is 19.4 Å². The number of benzene rings is 1. The molecule has 6 heteroatoms. The Morgan fingerprint density at radius 1 is 1.15 bits per heavy atom. The number of unbranched alkanes of at least 4 members (excludes halogenated alkanes) is 1. The first-order valence-electron chi connectivity index (χ1n) is 8.55. The number of rotatable bonds is 6. The molecule has 0 spiro atoms. The highest BCUT2D eigenvalue weighted by Crippen LogP contribution is 2.32. The molecule has 134 valence electrons. The van der Waals surface area contributed by atoms with Gasteiger partial charge < -0.3 is 15.5 Å². The molecule has 0 unspecified atom stereocenters. The third-order valence-electron chi connectivity index (χ3n) is 4.11. The summed E-state index contributed by atoms with van der Waals surface area (Å²) in [5.74, 6) is -0.271. The van der Waals surface area contributed by atoms with Gasteiger partial charge in [0.05, 0.1) is 5.69 Å². The highest BCUT2D eigenvalue weighted by atomic mass is 16.3. The molecule has 3 aromatic rings. The van der Waals surface area contributed by atoms with E-state index in [9.17, 15) is 15.0 Å². The first-order valence-corrected chi connectivity index (χ1v) is 8.55. The molecule has 2 heterocycles. The fourth-order valence-electron chi connectivity index (χ4n) is 2.73. The quantitative estimate of drug-likeness (QED) is 0.629. The second kappa shape index (κ2) is 7.74. The molecule has 1 amide bonds. The van der Waals surface area contributed by atoms with Crippen molar-refractivity contribution in [2.45, 2.75) is 26.2 Å². The fraction of sp³-hybridized carbons (Fsp3) is 0.200. The van der Waals surface area contributed by atoms with Gasteiger partial charge in [0.15, 0.2) is 5.88 Å². The van der Waals surface area contributed by atoms with E-state index in [1.54, 1.807) is 54.7 Å². The summed E-state index contributed by atoms with van der Waals surface area (Å²) < 4.78 is 1.38. The Bertz CT molecular complexity index is 887. The van der Waals surface area contributed by atoms with Crippen LogP contribution in [0.5, 0.6) is 11.8 Å². The third-order valence-corrected chi connectivity index (χ3v) is 4.11. The van der Waals surface area contributed by atoms with E-state index in [0.717, 1.165) is 18.4 Å². The normalized spacial score (nSPS) is 10.7. The molecule has 0 fully saturated rings. The van der Waals surface area contributed by atoms with E-state index in [0.29, 0.717) is 23.5 Å². The maximum atomic E-state index is 12.1. The minimum absolute atomic E-state index is 0.0149. The SMILES string of the molecule is CCCCc1cc(O)n(-c2ccc(NC(=O)c3ccccn3)cc2)c1O. The molecule has 0 radical (unpaired) electrons. The lowest BCUT2D eigenvalue weighted by Crippen LogP contribution is -2.13. The van der Waals surface area contributed by atoms with Gasteiger partial charge in [-0.3, -0.25) is 14.3 Å². The number of hydrogen-bond acceptors (Lipinski definition) is 4. The zero-order chi connectivity index (χ0) is 18.5. The first-order chi connectivity index (χ1) is 12.6. The van der Waals surface area contributed by atoms with Crippen LogP contribution in [0, 0.1) is 0 Å². The predicted octanol–water partition coefficient (Wildman–Crippen LogP) is 3.88. The van der Waals surface area contributed by atoms with Gasteiger partial charge in [0.2, 0.25) is 5.88 Å². The van der Waals surface area contributed by atoms with E-state index in [1.807, 2.05) is 0 Å². The lowest BCUT2D eigenvalue weighted by Gasteiger charge is -2.09. The molecule has 0 bridgehead atoms. The number of carbonyl (C=O) groups excluding carboxylic acids is 1. The minimum Gasteiger partial charge on any atom is -0.494 e. The monoisotopic (exact) mass is 351 g/mol. The number of aromatic hydroxyl groups is 2. The van der Waals surface area contributed by atoms with E-state index in [2.05, 4.69) is 17.2 Å². The van der Waals surface area contributed by atoms with Gasteiger partial charge in [0.1, 0.15) is 5.69 Å². The van der Waals surface area contributed by atoms with Crippen LogP contribution in [-0.4, -0.2) is 25.7 Å². The highest BCUT2D eigenvalue weighted by Gasteiger charge is 2.15. The van der Waals surface area contributed by atoms with Crippen molar-refractivity contribution in [1.82, 2.24) is 9.55 Å². The number of amides is 1. The minimum atomic E-state index is -0.299. The third kappa shape index (κ3) is 3.69. The lowest BCUT2D eigenvalue weighted by atomic mass is 10.1. The van der Waals surface area contributed by atoms with Crippen molar-refractivity contribution in [3.8, 4) is 17.4 Å². The summed E-state index contributed by atoms with van der Waals surface area (Å²) in [5.41, 5.74) is 2.26. The largest absolute Gasteiger partial charge is 0.494 e. The number of aromatic nitrogens is 2. The molecule has 1 aromatic carbocycles. The lowest BCUT2D eigenvalue weighted by molar-refractivity contribution is 0.102. The Morgan fingerprint density at radius 3 is 2.58 bits per heavy atom. The molecule has 0 saturated carbocycles. The average Bonchev–Trinajstić information content (AvgIpc) is 2.95. The van der Waals surface area contributed by atoms with Crippen LogP contribution in [0.3, 0.4) is 0 Å². The van der Waals surface area contributed by atoms with Crippen LogP contribution in [0.2, 0.25) is 0 Å². The standard InChI is InChI=1S/C20H21N3O3/c1-2-3-6-14-13-18(24)23(20(14)26)16-10-8-15(9-11-16)22-19(25)17-7-4-5-12-21-17/h4-5,7-13,24,26H,2-3,6H2,1H3,(H,22,25). The summed E-state index contributed by atoms with van der Waals surface area (Å²) in [6, 6.07) is 13.6. The molecule has 0 aliphatic heterocycles. The zero-order valence-electron chi connectivity index (χ0n) is 14.5.